The lowest BCUT2D eigenvalue weighted by Gasteiger charge is -2.35. The Hall–Kier alpha value is -1.02. The third-order valence-corrected chi connectivity index (χ3v) is 2.71. The maximum absolute atomic E-state index is 12.1. The van der Waals surface area contributed by atoms with Crippen molar-refractivity contribution in [3.05, 3.63) is 0 Å². The minimum absolute atomic E-state index is 0.270. The molecule has 1 rings (SSSR count). The fourth-order valence-electron chi connectivity index (χ4n) is 1.68. The summed E-state index contributed by atoms with van der Waals surface area (Å²) in [6.07, 6.45) is -7.39. The molecule has 0 aromatic carbocycles. The second-order valence-electron chi connectivity index (χ2n) is 4.04. The van der Waals surface area contributed by atoms with Crippen molar-refractivity contribution in [3.63, 3.8) is 0 Å². The Balaban J connectivity index is 2.33. The minimum Gasteiger partial charge on any atom is -0.450 e. The first-order valence-electron chi connectivity index (χ1n) is 5.73. The predicted octanol–water partition coefficient (Wildman–Crippen LogP) is 0.684. The van der Waals surface area contributed by atoms with Crippen molar-refractivity contribution >= 4 is 6.09 Å². The summed E-state index contributed by atoms with van der Waals surface area (Å²) in [7, 11) is 0. The van der Waals surface area contributed by atoms with E-state index in [2.05, 4.69) is 0 Å². The first kappa shape index (κ1) is 15.0. The Kier molecular flexibility index (Phi) is 5.21. The zero-order valence-corrected chi connectivity index (χ0v) is 10.1. The lowest BCUT2D eigenvalue weighted by molar-refractivity contribution is -0.208. The monoisotopic (exact) mass is 270 g/mol. The highest BCUT2D eigenvalue weighted by molar-refractivity contribution is 5.67. The number of carbonyl (C=O) groups is 1. The molecular weight excluding hydrogens is 253 g/mol. The minimum atomic E-state index is -4.60. The summed E-state index contributed by atoms with van der Waals surface area (Å²) in [6, 6.07) is 0. The number of rotatable bonds is 3. The van der Waals surface area contributed by atoms with Crippen LogP contribution in [-0.2, 0) is 4.74 Å². The number of aliphatic hydroxyl groups excluding tert-OH is 1. The van der Waals surface area contributed by atoms with Gasteiger partial charge in [0.25, 0.3) is 0 Å². The average Bonchev–Trinajstić information content (AvgIpc) is 2.29. The van der Waals surface area contributed by atoms with Crippen molar-refractivity contribution in [1.29, 1.82) is 0 Å². The summed E-state index contributed by atoms with van der Waals surface area (Å²) in [5.41, 5.74) is 0. The van der Waals surface area contributed by atoms with Crippen LogP contribution in [0.1, 0.15) is 6.92 Å². The van der Waals surface area contributed by atoms with Crippen LogP contribution in [0.5, 0.6) is 0 Å². The zero-order chi connectivity index (χ0) is 13.8. The molecule has 106 valence electrons. The van der Waals surface area contributed by atoms with Crippen LogP contribution in [0, 0.1) is 0 Å². The van der Waals surface area contributed by atoms with E-state index in [-0.39, 0.29) is 6.61 Å². The average molecular weight is 270 g/mol. The number of amides is 1. The quantitative estimate of drug-likeness (QED) is 0.819. The summed E-state index contributed by atoms with van der Waals surface area (Å²) < 4.78 is 41.2. The standard InChI is InChI=1S/C10H17F3N2O3/c1-2-18-9(17)15-5-3-14(4-6-15)7-8(16)10(11,12)13/h8,16H,2-7H2,1H3/t8-/m1/s1. The fraction of sp³-hybridized carbons (Fsp3) is 0.900. The molecule has 1 aliphatic heterocycles. The van der Waals surface area contributed by atoms with Crippen LogP contribution in [0.4, 0.5) is 18.0 Å². The van der Waals surface area contributed by atoms with Gasteiger partial charge in [0.15, 0.2) is 6.10 Å². The van der Waals surface area contributed by atoms with Gasteiger partial charge in [0, 0.05) is 32.7 Å². The molecule has 1 aliphatic rings. The number of halogens is 3. The van der Waals surface area contributed by atoms with Gasteiger partial charge in [0.05, 0.1) is 6.61 Å². The lowest BCUT2D eigenvalue weighted by Crippen LogP contribution is -2.52. The maximum Gasteiger partial charge on any atom is 0.415 e. The van der Waals surface area contributed by atoms with E-state index < -0.39 is 24.9 Å². The molecular formula is C10H17F3N2O3. The molecule has 5 nitrogen and oxygen atoms in total. The largest absolute Gasteiger partial charge is 0.450 e. The Morgan fingerprint density at radius 1 is 1.33 bits per heavy atom. The van der Waals surface area contributed by atoms with E-state index in [1.165, 1.54) is 9.80 Å². The number of nitrogens with zero attached hydrogens (tertiary/aromatic N) is 2. The van der Waals surface area contributed by atoms with Crippen LogP contribution < -0.4 is 0 Å². The molecule has 0 spiro atoms. The third kappa shape index (κ3) is 4.34. The van der Waals surface area contributed by atoms with E-state index in [1.54, 1.807) is 6.92 Å². The van der Waals surface area contributed by atoms with Crippen molar-refractivity contribution in [3.8, 4) is 0 Å². The summed E-state index contributed by atoms with van der Waals surface area (Å²) in [6.45, 7) is 2.71. The van der Waals surface area contributed by atoms with Gasteiger partial charge in [-0.2, -0.15) is 13.2 Å². The molecule has 1 atom stereocenters. The molecule has 18 heavy (non-hydrogen) atoms. The number of alkyl halides is 3. The van der Waals surface area contributed by atoms with Crippen LogP contribution in [0.25, 0.3) is 0 Å². The van der Waals surface area contributed by atoms with E-state index in [9.17, 15) is 18.0 Å². The molecule has 1 saturated heterocycles. The molecule has 0 saturated carbocycles. The van der Waals surface area contributed by atoms with Crippen molar-refractivity contribution in [2.45, 2.75) is 19.2 Å². The molecule has 1 fully saturated rings. The van der Waals surface area contributed by atoms with Gasteiger partial charge in [-0.3, -0.25) is 4.90 Å². The van der Waals surface area contributed by atoms with E-state index in [4.69, 9.17) is 9.84 Å². The van der Waals surface area contributed by atoms with Gasteiger partial charge in [-0.1, -0.05) is 0 Å². The molecule has 0 radical (unpaired) electrons. The van der Waals surface area contributed by atoms with Crippen LogP contribution in [-0.4, -0.2) is 72.6 Å². The SMILES string of the molecule is CCOC(=O)N1CCN(C[C@@H](O)C(F)(F)F)CC1. The van der Waals surface area contributed by atoms with Gasteiger partial charge in [-0.25, -0.2) is 4.79 Å². The lowest BCUT2D eigenvalue weighted by atomic mass is 10.2. The normalized spacial score (nSPS) is 19.7. The Morgan fingerprint density at radius 3 is 2.33 bits per heavy atom. The van der Waals surface area contributed by atoms with Crippen LogP contribution >= 0.6 is 0 Å². The topological polar surface area (TPSA) is 53.0 Å². The van der Waals surface area contributed by atoms with Gasteiger partial charge in [-0.15, -0.1) is 0 Å². The van der Waals surface area contributed by atoms with Crippen molar-refractivity contribution in [1.82, 2.24) is 9.80 Å². The molecule has 0 bridgehead atoms. The second-order valence-corrected chi connectivity index (χ2v) is 4.04. The number of ether oxygens (including phenoxy) is 1. The Bertz CT molecular complexity index is 278. The molecule has 8 heteroatoms. The van der Waals surface area contributed by atoms with Crippen LogP contribution in [0.3, 0.4) is 0 Å². The Morgan fingerprint density at radius 2 is 1.89 bits per heavy atom. The summed E-state index contributed by atoms with van der Waals surface area (Å²) in [5.74, 6) is 0. The van der Waals surface area contributed by atoms with Gasteiger partial charge in [0.2, 0.25) is 0 Å². The van der Waals surface area contributed by atoms with E-state index >= 15 is 0 Å². The van der Waals surface area contributed by atoms with Gasteiger partial charge >= 0.3 is 12.3 Å². The predicted molar refractivity (Wildman–Crippen MR) is 57.1 cm³/mol. The highest BCUT2D eigenvalue weighted by Gasteiger charge is 2.39. The number of hydrogen-bond donors (Lipinski definition) is 1. The highest BCUT2D eigenvalue weighted by atomic mass is 19.4. The zero-order valence-electron chi connectivity index (χ0n) is 10.1. The first-order valence-corrected chi connectivity index (χ1v) is 5.73. The Labute approximate surface area is 103 Å². The molecule has 0 unspecified atom stereocenters. The van der Waals surface area contributed by atoms with Gasteiger partial charge in [0.1, 0.15) is 0 Å². The molecule has 1 N–H and O–H groups in total. The number of carbonyl (C=O) groups excluding carboxylic acids is 1. The van der Waals surface area contributed by atoms with Crippen LogP contribution in [0.2, 0.25) is 0 Å². The summed E-state index contributed by atoms with van der Waals surface area (Å²) >= 11 is 0. The number of hydrogen-bond acceptors (Lipinski definition) is 4. The molecule has 0 aromatic heterocycles. The number of piperazine rings is 1. The van der Waals surface area contributed by atoms with Crippen molar-refractivity contribution < 1.29 is 27.8 Å². The van der Waals surface area contributed by atoms with E-state index in [0.29, 0.717) is 26.2 Å². The van der Waals surface area contributed by atoms with Crippen molar-refractivity contribution in [2.75, 3.05) is 39.3 Å². The first-order chi connectivity index (χ1) is 8.34. The summed E-state index contributed by atoms with van der Waals surface area (Å²) in [4.78, 5) is 14.3. The third-order valence-electron chi connectivity index (χ3n) is 2.71. The highest BCUT2D eigenvalue weighted by Crippen LogP contribution is 2.21. The summed E-state index contributed by atoms with van der Waals surface area (Å²) in [5, 5.41) is 8.93. The molecule has 1 amide bonds. The smallest absolute Gasteiger partial charge is 0.415 e. The molecule has 1 heterocycles. The van der Waals surface area contributed by atoms with E-state index in [0.717, 1.165) is 0 Å². The fourth-order valence-corrected chi connectivity index (χ4v) is 1.68. The maximum atomic E-state index is 12.1. The van der Waals surface area contributed by atoms with Gasteiger partial charge in [-0.05, 0) is 6.92 Å². The van der Waals surface area contributed by atoms with E-state index in [1.807, 2.05) is 0 Å². The number of aliphatic hydroxyl groups is 1. The number of β-amino-alcohol motifs (C(OH)–C–C–N with tert-alkyl or cyclic N) is 1. The molecule has 0 aliphatic carbocycles. The van der Waals surface area contributed by atoms with Gasteiger partial charge < -0.3 is 14.7 Å². The second kappa shape index (κ2) is 6.24. The molecule has 0 aromatic rings. The van der Waals surface area contributed by atoms with Crippen LogP contribution in [0.15, 0.2) is 0 Å². The van der Waals surface area contributed by atoms with Crippen molar-refractivity contribution in [2.24, 2.45) is 0 Å².